The zero-order valence-electron chi connectivity index (χ0n) is 12.6. The summed E-state index contributed by atoms with van der Waals surface area (Å²) in [5, 5.41) is 3.09. The van der Waals surface area contributed by atoms with Crippen LogP contribution in [0.15, 0.2) is 23.1 Å². The molecule has 1 N–H and O–H groups in total. The van der Waals surface area contributed by atoms with Gasteiger partial charge in [0, 0.05) is 19.1 Å². The van der Waals surface area contributed by atoms with Gasteiger partial charge in [-0.05, 0) is 44.0 Å². The van der Waals surface area contributed by atoms with Crippen LogP contribution in [-0.4, -0.2) is 31.9 Å². The lowest BCUT2D eigenvalue weighted by Crippen LogP contribution is -2.42. The van der Waals surface area contributed by atoms with E-state index >= 15 is 0 Å². The van der Waals surface area contributed by atoms with Gasteiger partial charge in [-0.1, -0.05) is 19.4 Å². The lowest BCUT2D eigenvalue weighted by molar-refractivity contribution is 0.268. The number of sulfonamides is 1. The second kappa shape index (κ2) is 6.85. The minimum atomic E-state index is -3.74. The van der Waals surface area contributed by atoms with Crippen molar-refractivity contribution in [3.8, 4) is 0 Å². The molecular weight excluding hydrogens is 291 g/mol. The molecule has 0 aliphatic carbocycles. The van der Waals surface area contributed by atoms with Crippen LogP contribution in [0.1, 0.15) is 38.7 Å². The molecule has 1 fully saturated rings. The van der Waals surface area contributed by atoms with Crippen molar-refractivity contribution in [3.05, 3.63) is 29.6 Å². The van der Waals surface area contributed by atoms with E-state index in [9.17, 15) is 12.8 Å². The Morgan fingerprint density at radius 2 is 2.14 bits per heavy atom. The highest BCUT2D eigenvalue weighted by Gasteiger charge is 2.32. The molecule has 0 aromatic heterocycles. The van der Waals surface area contributed by atoms with E-state index < -0.39 is 15.8 Å². The normalized spacial score (nSPS) is 20.6. The first-order chi connectivity index (χ1) is 9.96. The van der Waals surface area contributed by atoms with Crippen LogP contribution in [0.5, 0.6) is 0 Å². The van der Waals surface area contributed by atoms with Gasteiger partial charge < -0.3 is 5.32 Å². The van der Waals surface area contributed by atoms with Gasteiger partial charge in [0.25, 0.3) is 0 Å². The van der Waals surface area contributed by atoms with E-state index in [0.717, 1.165) is 31.4 Å². The molecule has 1 aliphatic heterocycles. The van der Waals surface area contributed by atoms with Crippen molar-refractivity contribution in [2.75, 3.05) is 13.1 Å². The zero-order chi connectivity index (χ0) is 15.5. The summed E-state index contributed by atoms with van der Waals surface area (Å²) in [6.45, 7) is 5.64. The van der Waals surface area contributed by atoms with Gasteiger partial charge in [0.2, 0.25) is 10.0 Å². The second-order valence-corrected chi connectivity index (χ2v) is 7.36. The van der Waals surface area contributed by atoms with E-state index in [1.165, 1.54) is 16.4 Å². The summed E-state index contributed by atoms with van der Waals surface area (Å²) in [6.07, 6.45) is 2.69. The molecule has 118 valence electrons. The standard InChI is InChI=1S/C15H23FN2O2S/c1-3-17-11-13-7-8-15(14(16)10-13)21(19,20)18-9-5-4-6-12(18)2/h7-8,10,12,17H,3-6,9,11H2,1-2H3. The quantitative estimate of drug-likeness (QED) is 0.908. The molecule has 0 radical (unpaired) electrons. The van der Waals surface area contributed by atoms with Crippen LogP contribution in [0.3, 0.4) is 0 Å². The molecule has 1 unspecified atom stereocenters. The molecule has 0 saturated carbocycles. The predicted octanol–water partition coefficient (Wildman–Crippen LogP) is 2.50. The fraction of sp³-hybridized carbons (Fsp3) is 0.600. The topological polar surface area (TPSA) is 49.4 Å². The monoisotopic (exact) mass is 314 g/mol. The molecule has 1 atom stereocenters. The van der Waals surface area contributed by atoms with Crippen molar-refractivity contribution in [2.45, 2.75) is 50.6 Å². The van der Waals surface area contributed by atoms with E-state index in [4.69, 9.17) is 0 Å². The highest BCUT2D eigenvalue weighted by atomic mass is 32.2. The summed E-state index contributed by atoms with van der Waals surface area (Å²) in [5.74, 6) is -0.664. The Morgan fingerprint density at radius 1 is 1.38 bits per heavy atom. The Morgan fingerprint density at radius 3 is 2.76 bits per heavy atom. The maximum Gasteiger partial charge on any atom is 0.246 e. The Kier molecular flexibility index (Phi) is 5.35. The van der Waals surface area contributed by atoms with Crippen molar-refractivity contribution in [2.24, 2.45) is 0 Å². The van der Waals surface area contributed by atoms with Crippen LogP contribution in [0, 0.1) is 5.82 Å². The van der Waals surface area contributed by atoms with E-state index in [1.54, 1.807) is 6.07 Å². The smallest absolute Gasteiger partial charge is 0.246 e. The summed E-state index contributed by atoms with van der Waals surface area (Å²) in [4.78, 5) is -0.212. The van der Waals surface area contributed by atoms with Crippen molar-refractivity contribution in [3.63, 3.8) is 0 Å². The number of hydrogen-bond donors (Lipinski definition) is 1. The van der Waals surface area contributed by atoms with E-state index in [1.807, 2.05) is 13.8 Å². The fourth-order valence-electron chi connectivity index (χ4n) is 2.69. The summed E-state index contributed by atoms with van der Waals surface area (Å²) < 4.78 is 40.9. The first kappa shape index (κ1) is 16.4. The molecule has 0 bridgehead atoms. The SMILES string of the molecule is CCNCc1ccc(S(=O)(=O)N2CCCCC2C)c(F)c1. The van der Waals surface area contributed by atoms with E-state index in [2.05, 4.69) is 5.32 Å². The Labute approximate surface area is 126 Å². The largest absolute Gasteiger partial charge is 0.313 e. The van der Waals surface area contributed by atoms with E-state index in [-0.39, 0.29) is 10.9 Å². The number of nitrogens with zero attached hydrogens (tertiary/aromatic N) is 1. The van der Waals surface area contributed by atoms with Gasteiger partial charge in [-0.15, -0.1) is 0 Å². The van der Waals surface area contributed by atoms with Crippen LogP contribution in [0.2, 0.25) is 0 Å². The van der Waals surface area contributed by atoms with Gasteiger partial charge in [-0.2, -0.15) is 4.31 Å². The van der Waals surface area contributed by atoms with Crippen LogP contribution >= 0.6 is 0 Å². The lowest BCUT2D eigenvalue weighted by Gasteiger charge is -2.32. The van der Waals surface area contributed by atoms with Gasteiger partial charge in [-0.25, -0.2) is 12.8 Å². The Hall–Kier alpha value is -0.980. The zero-order valence-corrected chi connectivity index (χ0v) is 13.4. The lowest BCUT2D eigenvalue weighted by atomic mass is 10.1. The van der Waals surface area contributed by atoms with Crippen molar-refractivity contribution < 1.29 is 12.8 Å². The average molecular weight is 314 g/mol. The van der Waals surface area contributed by atoms with E-state index in [0.29, 0.717) is 13.1 Å². The Balaban J connectivity index is 2.27. The number of benzene rings is 1. The van der Waals surface area contributed by atoms with Gasteiger partial charge in [0.1, 0.15) is 10.7 Å². The third-order valence-electron chi connectivity index (χ3n) is 3.90. The minimum absolute atomic E-state index is 0.0652. The molecule has 21 heavy (non-hydrogen) atoms. The van der Waals surface area contributed by atoms with Crippen LogP contribution in [0.25, 0.3) is 0 Å². The average Bonchev–Trinajstić information content (AvgIpc) is 2.45. The molecule has 1 aromatic rings. The molecule has 2 rings (SSSR count). The molecule has 6 heteroatoms. The minimum Gasteiger partial charge on any atom is -0.313 e. The number of nitrogens with one attached hydrogen (secondary N) is 1. The third kappa shape index (κ3) is 3.62. The molecular formula is C15H23FN2O2S. The maximum atomic E-state index is 14.2. The molecule has 0 spiro atoms. The summed E-state index contributed by atoms with van der Waals surface area (Å²) in [7, 11) is -3.74. The van der Waals surface area contributed by atoms with Gasteiger partial charge in [0.15, 0.2) is 0 Å². The Bertz CT molecular complexity index is 589. The first-order valence-electron chi connectivity index (χ1n) is 7.47. The van der Waals surface area contributed by atoms with Gasteiger partial charge in [0.05, 0.1) is 0 Å². The molecule has 1 heterocycles. The van der Waals surface area contributed by atoms with Crippen molar-refractivity contribution in [1.29, 1.82) is 0 Å². The molecule has 1 aliphatic rings. The van der Waals surface area contributed by atoms with Crippen molar-refractivity contribution >= 4 is 10.0 Å². The third-order valence-corrected chi connectivity index (χ3v) is 5.95. The van der Waals surface area contributed by atoms with Gasteiger partial charge in [-0.3, -0.25) is 0 Å². The predicted molar refractivity (Wildman–Crippen MR) is 81.0 cm³/mol. The highest BCUT2D eigenvalue weighted by molar-refractivity contribution is 7.89. The fourth-order valence-corrected chi connectivity index (χ4v) is 4.43. The molecule has 1 saturated heterocycles. The molecule has 0 amide bonds. The summed E-state index contributed by atoms with van der Waals surface area (Å²) in [6, 6.07) is 4.31. The number of halogens is 1. The van der Waals surface area contributed by atoms with Crippen LogP contribution in [-0.2, 0) is 16.6 Å². The molecule has 1 aromatic carbocycles. The maximum absolute atomic E-state index is 14.2. The second-order valence-electron chi connectivity index (χ2n) is 5.51. The van der Waals surface area contributed by atoms with Crippen molar-refractivity contribution in [1.82, 2.24) is 9.62 Å². The van der Waals surface area contributed by atoms with Gasteiger partial charge >= 0.3 is 0 Å². The van der Waals surface area contributed by atoms with Crippen LogP contribution < -0.4 is 5.32 Å². The van der Waals surface area contributed by atoms with Crippen LogP contribution in [0.4, 0.5) is 4.39 Å². The highest BCUT2D eigenvalue weighted by Crippen LogP contribution is 2.27. The number of hydrogen-bond acceptors (Lipinski definition) is 3. The summed E-state index contributed by atoms with van der Waals surface area (Å²) >= 11 is 0. The molecule has 4 nitrogen and oxygen atoms in total. The number of rotatable bonds is 5. The number of piperidine rings is 1. The summed E-state index contributed by atoms with van der Waals surface area (Å²) in [5.41, 5.74) is 0.750. The first-order valence-corrected chi connectivity index (χ1v) is 8.91.